The largest absolute Gasteiger partial charge is 0.309 e. The van der Waals surface area contributed by atoms with Crippen LogP contribution in [0.2, 0.25) is 5.02 Å². The molecule has 0 aliphatic rings. The van der Waals surface area contributed by atoms with Crippen LogP contribution in [0, 0.1) is 13.8 Å². The summed E-state index contributed by atoms with van der Waals surface area (Å²) in [5.41, 5.74) is 4.73. The normalized spacial score (nSPS) is 12.4. The summed E-state index contributed by atoms with van der Waals surface area (Å²) in [6, 6.07) is 8.30. The van der Waals surface area contributed by atoms with Gasteiger partial charge in [0.05, 0.1) is 6.04 Å². The lowest BCUT2D eigenvalue weighted by Crippen LogP contribution is -2.19. The summed E-state index contributed by atoms with van der Waals surface area (Å²) in [7, 11) is 1.96. The fourth-order valence-corrected chi connectivity index (χ4v) is 2.25. The van der Waals surface area contributed by atoms with Gasteiger partial charge in [-0.2, -0.15) is 0 Å². The number of nitrogens with zero attached hydrogens (tertiary/aromatic N) is 1. The Bertz CT molecular complexity index is 552. The lowest BCUT2D eigenvalue weighted by Gasteiger charge is -2.19. The van der Waals surface area contributed by atoms with E-state index < -0.39 is 0 Å². The molecule has 94 valence electrons. The second kappa shape index (κ2) is 5.51. The number of nitrogens with one attached hydrogen (secondary N) is 1. The number of aryl methyl sites for hydroxylation is 2. The molecular formula is C15H17ClN2. The van der Waals surface area contributed by atoms with Crippen molar-refractivity contribution in [1.29, 1.82) is 0 Å². The van der Waals surface area contributed by atoms with Crippen molar-refractivity contribution in [2.24, 2.45) is 0 Å². The van der Waals surface area contributed by atoms with Gasteiger partial charge in [-0.05, 0) is 55.3 Å². The molecule has 0 aliphatic carbocycles. The molecule has 2 nitrogen and oxygen atoms in total. The quantitative estimate of drug-likeness (QED) is 0.911. The molecule has 1 heterocycles. The van der Waals surface area contributed by atoms with Crippen LogP contribution in [0.15, 0.2) is 36.7 Å². The Hall–Kier alpha value is -1.38. The molecule has 3 heteroatoms. The van der Waals surface area contributed by atoms with Crippen LogP contribution in [0.25, 0.3) is 0 Å². The van der Waals surface area contributed by atoms with Crippen LogP contribution < -0.4 is 5.32 Å². The summed E-state index contributed by atoms with van der Waals surface area (Å²) in [4.78, 5) is 4.21. The third-order valence-electron chi connectivity index (χ3n) is 3.19. The first-order valence-electron chi connectivity index (χ1n) is 5.97. The zero-order valence-electron chi connectivity index (χ0n) is 10.9. The lowest BCUT2D eigenvalue weighted by atomic mass is 9.96. The van der Waals surface area contributed by atoms with E-state index in [0.717, 1.165) is 10.6 Å². The Balaban J connectivity index is 2.45. The highest BCUT2D eigenvalue weighted by atomic mass is 35.5. The zero-order chi connectivity index (χ0) is 13.1. The van der Waals surface area contributed by atoms with Gasteiger partial charge in [-0.3, -0.25) is 4.98 Å². The Kier molecular flexibility index (Phi) is 4.00. The van der Waals surface area contributed by atoms with Gasteiger partial charge in [0.25, 0.3) is 0 Å². The van der Waals surface area contributed by atoms with Crippen LogP contribution in [-0.4, -0.2) is 12.0 Å². The van der Waals surface area contributed by atoms with Gasteiger partial charge in [0.2, 0.25) is 0 Å². The molecule has 0 fully saturated rings. The van der Waals surface area contributed by atoms with E-state index in [1.807, 2.05) is 38.5 Å². The molecule has 0 spiro atoms. The summed E-state index contributed by atoms with van der Waals surface area (Å²) in [5, 5.41) is 4.14. The van der Waals surface area contributed by atoms with E-state index in [-0.39, 0.29) is 6.04 Å². The summed E-state index contributed by atoms with van der Waals surface area (Å²) in [6.45, 7) is 4.12. The number of rotatable bonds is 3. The minimum atomic E-state index is 0.148. The molecule has 1 atom stereocenters. The van der Waals surface area contributed by atoms with Crippen molar-refractivity contribution in [3.63, 3.8) is 0 Å². The van der Waals surface area contributed by atoms with E-state index in [9.17, 15) is 0 Å². The minimum absolute atomic E-state index is 0.148. The van der Waals surface area contributed by atoms with Crippen molar-refractivity contribution in [2.45, 2.75) is 19.9 Å². The number of hydrogen-bond donors (Lipinski definition) is 1. The lowest BCUT2D eigenvalue weighted by molar-refractivity contribution is 0.684. The fraction of sp³-hybridized carbons (Fsp3) is 0.267. The molecule has 0 aliphatic heterocycles. The smallest absolute Gasteiger partial charge is 0.0592 e. The minimum Gasteiger partial charge on any atom is -0.309 e. The van der Waals surface area contributed by atoms with Gasteiger partial charge < -0.3 is 5.32 Å². The van der Waals surface area contributed by atoms with E-state index in [1.54, 1.807) is 0 Å². The standard InChI is InChI=1S/C15H17ClN2/c1-10-6-7-18-9-13(10)15(17-3)12-4-5-14(16)11(2)8-12/h4-9,15,17H,1-3H3. The van der Waals surface area contributed by atoms with Crippen molar-refractivity contribution in [3.8, 4) is 0 Å². The van der Waals surface area contributed by atoms with Crippen LogP contribution in [0.3, 0.4) is 0 Å². The average molecular weight is 261 g/mol. The van der Waals surface area contributed by atoms with Gasteiger partial charge in [0, 0.05) is 17.4 Å². The van der Waals surface area contributed by atoms with Crippen molar-refractivity contribution in [3.05, 3.63) is 63.9 Å². The van der Waals surface area contributed by atoms with Gasteiger partial charge in [-0.15, -0.1) is 0 Å². The molecule has 0 saturated heterocycles. The average Bonchev–Trinajstić information content (AvgIpc) is 2.37. The number of halogens is 1. The molecule has 2 rings (SSSR count). The van der Waals surface area contributed by atoms with Gasteiger partial charge in [-0.25, -0.2) is 0 Å². The predicted octanol–water partition coefficient (Wildman–Crippen LogP) is 3.66. The number of aromatic nitrogens is 1. The Labute approximate surface area is 113 Å². The van der Waals surface area contributed by atoms with Crippen LogP contribution in [0.5, 0.6) is 0 Å². The molecule has 1 aromatic carbocycles. The highest BCUT2D eigenvalue weighted by Gasteiger charge is 2.14. The highest BCUT2D eigenvalue weighted by Crippen LogP contribution is 2.26. The third-order valence-corrected chi connectivity index (χ3v) is 3.62. The molecule has 1 aromatic heterocycles. The molecule has 2 aromatic rings. The second-order valence-electron chi connectivity index (χ2n) is 4.46. The maximum atomic E-state index is 6.07. The maximum Gasteiger partial charge on any atom is 0.0592 e. The SMILES string of the molecule is CNC(c1ccc(Cl)c(C)c1)c1cnccc1C. The van der Waals surface area contributed by atoms with E-state index in [1.165, 1.54) is 16.7 Å². The second-order valence-corrected chi connectivity index (χ2v) is 4.87. The van der Waals surface area contributed by atoms with Gasteiger partial charge in [-0.1, -0.05) is 23.7 Å². The molecule has 0 saturated carbocycles. The molecule has 0 bridgehead atoms. The Morgan fingerprint density at radius 1 is 1.17 bits per heavy atom. The predicted molar refractivity (Wildman–Crippen MR) is 76.1 cm³/mol. The summed E-state index contributed by atoms with van der Waals surface area (Å²) in [6.07, 6.45) is 3.74. The molecule has 0 amide bonds. The van der Waals surface area contributed by atoms with Gasteiger partial charge in [0.1, 0.15) is 0 Å². The van der Waals surface area contributed by atoms with Crippen LogP contribution in [0.4, 0.5) is 0 Å². The Morgan fingerprint density at radius 3 is 2.56 bits per heavy atom. The third kappa shape index (κ3) is 2.55. The topological polar surface area (TPSA) is 24.9 Å². The van der Waals surface area contributed by atoms with Gasteiger partial charge in [0.15, 0.2) is 0 Å². The van der Waals surface area contributed by atoms with Crippen molar-refractivity contribution in [1.82, 2.24) is 10.3 Å². The molecule has 18 heavy (non-hydrogen) atoms. The van der Waals surface area contributed by atoms with E-state index in [0.29, 0.717) is 0 Å². The zero-order valence-corrected chi connectivity index (χ0v) is 11.6. The fourth-order valence-electron chi connectivity index (χ4n) is 2.13. The van der Waals surface area contributed by atoms with Crippen LogP contribution in [0.1, 0.15) is 28.3 Å². The van der Waals surface area contributed by atoms with Gasteiger partial charge >= 0.3 is 0 Å². The summed E-state index contributed by atoms with van der Waals surface area (Å²) < 4.78 is 0. The monoisotopic (exact) mass is 260 g/mol. The number of benzene rings is 1. The van der Waals surface area contributed by atoms with Crippen LogP contribution in [-0.2, 0) is 0 Å². The van der Waals surface area contributed by atoms with Crippen molar-refractivity contribution >= 4 is 11.6 Å². The first kappa shape index (κ1) is 13.1. The summed E-state index contributed by atoms with van der Waals surface area (Å²) in [5.74, 6) is 0. The Morgan fingerprint density at radius 2 is 1.94 bits per heavy atom. The van der Waals surface area contributed by atoms with E-state index >= 15 is 0 Å². The van der Waals surface area contributed by atoms with Crippen molar-refractivity contribution in [2.75, 3.05) is 7.05 Å². The van der Waals surface area contributed by atoms with E-state index in [2.05, 4.69) is 29.4 Å². The van der Waals surface area contributed by atoms with Crippen LogP contribution >= 0.6 is 11.6 Å². The number of pyridine rings is 1. The van der Waals surface area contributed by atoms with Crippen molar-refractivity contribution < 1.29 is 0 Å². The van der Waals surface area contributed by atoms with E-state index in [4.69, 9.17) is 11.6 Å². The first-order valence-corrected chi connectivity index (χ1v) is 6.35. The number of hydrogen-bond acceptors (Lipinski definition) is 2. The molecule has 0 radical (unpaired) electrons. The maximum absolute atomic E-state index is 6.07. The molecule has 1 unspecified atom stereocenters. The molecule has 1 N–H and O–H groups in total. The highest BCUT2D eigenvalue weighted by molar-refractivity contribution is 6.31. The first-order chi connectivity index (χ1) is 8.63. The summed E-state index contributed by atoms with van der Waals surface area (Å²) >= 11 is 6.07. The molecular weight excluding hydrogens is 244 g/mol.